The lowest BCUT2D eigenvalue weighted by atomic mass is 9.76. The van der Waals surface area contributed by atoms with E-state index in [0.29, 0.717) is 36.6 Å². The Balaban J connectivity index is 1.13. The highest BCUT2D eigenvalue weighted by molar-refractivity contribution is 6.00. The van der Waals surface area contributed by atoms with Crippen LogP contribution in [0, 0.1) is 23.7 Å². The molecule has 220 valence electrons. The maximum absolute atomic E-state index is 13.4. The molecule has 0 aliphatic heterocycles. The van der Waals surface area contributed by atoms with Gasteiger partial charge in [0, 0.05) is 29.6 Å². The highest BCUT2D eigenvalue weighted by Crippen LogP contribution is 2.49. The van der Waals surface area contributed by atoms with Gasteiger partial charge >= 0.3 is 6.09 Å². The number of fused-ring (bicyclic) bond motifs is 2. The number of aliphatic hydroxyl groups excluding tert-OH is 2. The van der Waals surface area contributed by atoms with E-state index in [1.165, 1.54) is 5.56 Å². The van der Waals surface area contributed by atoms with Gasteiger partial charge in [0.15, 0.2) is 5.78 Å². The summed E-state index contributed by atoms with van der Waals surface area (Å²) in [4.78, 5) is 38.4. The van der Waals surface area contributed by atoms with Crippen LogP contribution in [0.15, 0.2) is 48.5 Å². The molecule has 4 N–H and O–H groups in total. The van der Waals surface area contributed by atoms with Crippen molar-refractivity contribution in [3.05, 3.63) is 65.2 Å². The molecule has 5 atom stereocenters. The number of nitrogens with one attached hydrogen (secondary N) is 2. The molecule has 41 heavy (non-hydrogen) atoms. The molecule has 3 fully saturated rings. The molecule has 2 bridgehead atoms. The first-order valence-corrected chi connectivity index (χ1v) is 14.9. The minimum absolute atomic E-state index is 0.0230. The fourth-order valence-corrected chi connectivity index (χ4v) is 6.96. The molecule has 2 amide bonds. The second-order valence-electron chi connectivity index (χ2n) is 13.1. The second-order valence-corrected chi connectivity index (χ2v) is 13.1. The number of carbonyl (C=O) groups excluding carboxylic acids is 3. The molecule has 0 heterocycles. The molecule has 3 saturated carbocycles. The van der Waals surface area contributed by atoms with Gasteiger partial charge < -0.3 is 25.6 Å². The molecule has 0 spiro atoms. The van der Waals surface area contributed by atoms with Crippen molar-refractivity contribution in [2.75, 3.05) is 5.32 Å². The van der Waals surface area contributed by atoms with Gasteiger partial charge in [-0.15, -0.1) is 0 Å². The summed E-state index contributed by atoms with van der Waals surface area (Å²) in [5, 5.41) is 26.0. The van der Waals surface area contributed by atoms with E-state index in [1.807, 2.05) is 39.0 Å². The molecule has 0 saturated heterocycles. The average molecular weight is 563 g/mol. The van der Waals surface area contributed by atoms with Gasteiger partial charge in [0.1, 0.15) is 5.60 Å². The van der Waals surface area contributed by atoms with Crippen LogP contribution in [-0.4, -0.2) is 45.8 Å². The number of aliphatic hydroxyl groups is 2. The zero-order chi connectivity index (χ0) is 29.3. The molecule has 3 aliphatic carbocycles. The highest BCUT2D eigenvalue weighted by atomic mass is 16.6. The molecule has 0 radical (unpaired) electrons. The minimum atomic E-state index is -0.844. The first kappa shape index (κ1) is 29.3. The lowest BCUT2D eigenvalue weighted by Crippen LogP contribution is -2.41. The van der Waals surface area contributed by atoms with Crippen LogP contribution in [0.1, 0.15) is 86.7 Å². The molecule has 8 nitrogen and oxygen atoms in total. The summed E-state index contributed by atoms with van der Waals surface area (Å²) < 4.78 is 5.32. The van der Waals surface area contributed by atoms with Crippen molar-refractivity contribution in [1.82, 2.24) is 5.32 Å². The Labute approximate surface area is 241 Å². The Morgan fingerprint density at radius 1 is 0.927 bits per heavy atom. The van der Waals surface area contributed by atoms with E-state index in [2.05, 4.69) is 22.8 Å². The monoisotopic (exact) mass is 562 g/mol. The summed E-state index contributed by atoms with van der Waals surface area (Å²) >= 11 is 0. The molecule has 3 aliphatic rings. The molecule has 0 aromatic heterocycles. The summed E-state index contributed by atoms with van der Waals surface area (Å²) in [5.41, 5.74) is 2.89. The first-order chi connectivity index (χ1) is 19.5. The summed E-state index contributed by atoms with van der Waals surface area (Å²) in [7, 11) is 0. The fraction of sp³-hybridized carbons (Fsp3) is 0.545. The number of ketones is 1. The summed E-state index contributed by atoms with van der Waals surface area (Å²) in [6.07, 6.45) is 2.66. The molecule has 5 unspecified atom stereocenters. The summed E-state index contributed by atoms with van der Waals surface area (Å²) in [6.45, 7) is 5.91. The van der Waals surface area contributed by atoms with Crippen molar-refractivity contribution >= 4 is 23.5 Å². The molecule has 2 aromatic carbocycles. The van der Waals surface area contributed by atoms with Gasteiger partial charge in [-0.25, -0.2) is 4.79 Å². The maximum Gasteiger partial charge on any atom is 0.407 e. The third kappa shape index (κ3) is 6.81. The van der Waals surface area contributed by atoms with Crippen molar-refractivity contribution in [3.8, 4) is 0 Å². The number of hydrogen-bond acceptors (Lipinski definition) is 6. The topological polar surface area (TPSA) is 125 Å². The van der Waals surface area contributed by atoms with Crippen LogP contribution in [-0.2, 0) is 16.1 Å². The highest BCUT2D eigenvalue weighted by Gasteiger charge is 2.53. The van der Waals surface area contributed by atoms with E-state index >= 15 is 0 Å². The minimum Gasteiger partial charge on any atom is -0.444 e. The SMILES string of the molecule is CC(C)(C)OC(=O)NCc1cccc(C2CCC(C(=O)c3cccc(NC(=O)C4CC5CC4C(O)C5O)c3)CC2)c1. The number of rotatable bonds is 7. The Hall–Kier alpha value is -3.23. The lowest BCUT2D eigenvalue weighted by molar-refractivity contribution is -0.125. The molecular weight excluding hydrogens is 520 g/mol. The Morgan fingerprint density at radius 2 is 1.66 bits per heavy atom. The third-order valence-electron chi connectivity index (χ3n) is 9.03. The Bertz CT molecular complexity index is 1280. The van der Waals surface area contributed by atoms with E-state index in [1.54, 1.807) is 18.2 Å². The van der Waals surface area contributed by atoms with Crippen molar-refractivity contribution in [1.29, 1.82) is 0 Å². The van der Waals surface area contributed by atoms with E-state index in [0.717, 1.165) is 31.2 Å². The van der Waals surface area contributed by atoms with Crippen molar-refractivity contribution in [3.63, 3.8) is 0 Å². The van der Waals surface area contributed by atoms with Gasteiger partial charge in [0.05, 0.1) is 12.2 Å². The van der Waals surface area contributed by atoms with Crippen LogP contribution in [0.5, 0.6) is 0 Å². The van der Waals surface area contributed by atoms with Crippen LogP contribution < -0.4 is 10.6 Å². The Morgan fingerprint density at radius 3 is 2.34 bits per heavy atom. The number of benzene rings is 2. The number of hydrogen-bond donors (Lipinski definition) is 4. The lowest BCUT2D eigenvalue weighted by Gasteiger charge is -2.29. The van der Waals surface area contributed by atoms with Crippen LogP contribution in [0.25, 0.3) is 0 Å². The van der Waals surface area contributed by atoms with Gasteiger partial charge in [-0.3, -0.25) is 9.59 Å². The van der Waals surface area contributed by atoms with Crippen LogP contribution in [0.2, 0.25) is 0 Å². The molecule has 2 aromatic rings. The molecule has 8 heteroatoms. The number of amides is 2. The fourth-order valence-electron chi connectivity index (χ4n) is 6.96. The Kier molecular flexibility index (Phi) is 8.52. The van der Waals surface area contributed by atoms with Gasteiger partial charge in [-0.2, -0.15) is 0 Å². The van der Waals surface area contributed by atoms with Gasteiger partial charge in [-0.05, 0) is 100 Å². The molecular formula is C33H42N2O6. The van der Waals surface area contributed by atoms with E-state index < -0.39 is 23.9 Å². The van der Waals surface area contributed by atoms with Gasteiger partial charge in [0.2, 0.25) is 5.91 Å². The van der Waals surface area contributed by atoms with Crippen LogP contribution in [0.4, 0.5) is 10.5 Å². The average Bonchev–Trinajstić information content (AvgIpc) is 3.50. The van der Waals surface area contributed by atoms with E-state index in [-0.39, 0.29) is 35.4 Å². The van der Waals surface area contributed by atoms with E-state index in [4.69, 9.17) is 4.74 Å². The normalized spacial score (nSPS) is 29.1. The van der Waals surface area contributed by atoms with Crippen molar-refractivity contribution in [2.24, 2.45) is 23.7 Å². The standard InChI is InChI=1S/C33H42N2O6/c1-33(2,3)41-32(40)34-18-19-6-4-7-22(14-19)20-10-12-21(13-11-20)28(36)23-8-5-9-25(15-23)35-31(39)27-17-24-16-26(27)30(38)29(24)37/h4-9,14-15,20-21,24,26-27,29-30,37-38H,10-13,16-18H2,1-3H3,(H,34,40)(H,35,39). The number of ether oxygens (including phenoxy) is 1. The first-order valence-electron chi connectivity index (χ1n) is 14.9. The smallest absolute Gasteiger partial charge is 0.407 e. The predicted molar refractivity (Wildman–Crippen MR) is 155 cm³/mol. The van der Waals surface area contributed by atoms with Crippen molar-refractivity contribution in [2.45, 2.75) is 89.6 Å². The largest absolute Gasteiger partial charge is 0.444 e. The zero-order valence-corrected chi connectivity index (χ0v) is 24.1. The quantitative estimate of drug-likeness (QED) is 0.345. The number of anilines is 1. The van der Waals surface area contributed by atoms with Gasteiger partial charge in [0.25, 0.3) is 0 Å². The number of alkyl carbamates (subject to hydrolysis) is 1. The predicted octanol–water partition coefficient (Wildman–Crippen LogP) is 5.18. The third-order valence-corrected chi connectivity index (χ3v) is 9.03. The molecule has 5 rings (SSSR count). The van der Waals surface area contributed by atoms with Crippen LogP contribution >= 0.6 is 0 Å². The van der Waals surface area contributed by atoms with Gasteiger partial charge in [-0.1, -0.05) is 36.4 Å². The maximum atomic E-state index is 13.4. The van der Waals surface area contributed by atoms with Crippen molar-refractivity contribution < 1.29 is 29.3 Å². The van der Waals surface area contributed by atoms with Crippen LogP contribution in [0.3, 0.4) is 0 Å². The number of Topliss-reactive ketones (excluding diaryl/α,β-unsaturated/α-hetero) is 1. The number of carbonyl (C=O) groups is 3. The van der Waals surface area contributed by atoms with E-state index in [9.17, 15) is 24.6 Å². The summed E-state index contributed by atoms with van der Waals surface area (Å²) in [5.74, 6) is -0.301. The second kappa shape index (κ2) is 11.9. The summed E-state index contributed by atoms with van der Waals surface area (Å²) in [6, 6.07) is 15.4. The zero-order valence-electron chi connectivity index (χ0n) is 24.1.